The van der Waals surface area contributed by atoms with Crippen molar-refractivity contribution in [1.82, 2.24) is 9.78 Å². The second kappa shape index (κ2) is 6.53. The topological polar surface area (TPSA) is 46.9 Å². The van der Waals surface area contributed by atoms with E-state index in [0.717, 1.165) is 11.4 Å². The summed E-state index contributed by atoms with van der Waals surface area (Å²) in [7, 11) is 0. The monoisotopic (exact) mass is 317 g/mol. The van der Waals surface area contributed by atoms with Gasteiger partial charge in [0.1, 0.15) is 5.82 Å². The third kappa shape index (κ3) is 3.50. The van der Waals surface area contributed by atoms with E-state index in [1.807, 2.05) is 35.0 Å². The van der Waals surface area contributed by atoms with Crippen molar-refractivity contribution in [3.05, 3.63) is 47.1 Å². The van der Waals surface area contributed by atoms with Gasteiger partial charge in [0, 0.05) is 17.5 Å². The minimum atomic E-state index is -0.00957. The number of anilines is 1. The molecule has 0 radical (unpaired) electrons. The number of hydrogen-bond acceptors (Lipinski definition) is 2. The number of benzene rings is 1. The maximum Gasteiger partial charge on any atom is 0.225 e. The SMILES string of the molecule is CC(C1CC1)n1nccc1NC(=O)CCc1ccccc1Cl. The molecule has 2 aromatic rings. The molecule has 1 aliphatic rings. The summed E-state index contributed by atoms with van der Waals surface area (Å²) in [5.41, 5.74) is 0.999. The second-order valence-electron chi connectivity index (χ2n) is 5.88. The zero-order valence-electron chi connectivity index (χ0n) is 12.6. The van der Waals surface area contributed by atoms with Gasteiger partial charge in [-0.1, -0.05) is 29.8 Å². The van der Waals surface area contributed by atoms with Gasteiger partial charge in [0.05, 0.1) is 12.2 Å². The first kappa shape index (κ1) is 15.1. The Balaban J connectivity index is 1.58. The smallest absolute Gasteiger partial charge is 0.225 e. The number of hydrogen-bond donors (Lipinski definition) is 1. The lowest BCUT2D eigenvalue weighted by Gasteiger charge is -2.15. The van der Waals surface area contributed by atoms with E-state index < -0.39 is 0 Å². The molecule has 1 saturated carbocycles. The molecule has 0 bridgehead atoms. The van der Waals surface area contributed by atoms with Crippen LogP contribution < -0.4 is 5.32 Å². The van der Waals surface area contributed by atoms with Crippen molar-refractivity contribution in [2.24, 2.45) is 5.92 Å². The summed E-state index contributed by atoms with van der Waals surface area (Å²) in [4.78, 5) is 12.2. The molecule has 1 heterocycles. The summed E-state index contributed by atoms with van der Waals surface area (Å²) in [5, 5.41) is 8.02. The average Bonchev–Trinajstić information content (AvgIpc) is 3.26. The number of amides is 1. The van der Waals surface area contributed by atoms with Gasteiger partial charge in [-0.25, -0.2) is 4.68 Å². The zero-order chi connectivity index (χ0) is 15.5. The molecule has 1 N–H and O–H groups in total. The molecule has 1 amide bonds. The molecule has 1 unspecified atom stereocenters. The van der Waals surface area contributed by atoms with Crippen molar-refractivity contribution < 1.29 is 4.79 Å². The molecular formula is C17H20ClN3O. The van der Waals surface area contributed by atoms with Crippen molar-refractivity contribution >= 4 is 23.3 Å². The quantitative estimate of drug-likeness (QED) is 0.872. The van der Waals surface area contributed by atoms with Gasteiger partial charge in [-0.05, 0) is 43.7 Å². The molecule has 0 aliphatic heterocycles. The van der Waals surface area contributed by atoms with Crippen LogP contribution in [0.5, 0.6) is 0 Å². The fraction of sp³-hybridized carbons (Fsp3) is 0.412. The van der Waals surface area contributed by atoms with Gasteiger partial charge >= 0.3 is 0 Å². The zero-order valence-corrected chi connectivity index (χ0v) is 13.4. The standard InChI is InChI=1S/C17H20ClN3O/c1-12(13-6-7-13)21-16(10-11-19-21)20-17(22)9-8-14-4-2-3-5-15(14)18/h2-5,10-13H,6-9H2,1H3,(H,20,22). The third-order valence-electron chi connectivity index (χ3n) is 4.21. The molecule has 3 rings (SSSR count). The number of carbonyl (C=O) groups excluding carboxylic acids is 1. The van der Waals surface area contributed by atoms with E-state index in [1.54, 1.807) is 6.20 Å². The van der Waals surface area contributed by atoms with Gasteiger partial charge in [-0.2, -0.15) is 5.10 Å². The maximum atomic E-state index is 12.2. The lowest BCUT2D eigenvalue weighted by Crippen LogP contribution is -2.18. The fourth-order valence-corrected chi connectivity index (χ4v) is 2.90. The van der Waals surface area contributed by atoms with Crippen molar-refractivity contribution in [1.29, 1.82) is 0 Å². The summed E-state index contributed by atoms with van der Waals surface area (Å²) >= 11 is 6.11. The first-order valence-corrected chi connectivity index (χ1v) is 8.09. The van der Waals surface area contributed by atoms with E-state index in [4.69, 9.17) is 11.6 Å². The molecule has 0 spiro atoms. The molecule has 1 aromatic heterocycles. The lowest BCUT2D eigenvalue weighted by molar-refractivity contribution is -0.116. The highest BCUT2D eigenvalue weighted by molar-refractivity contribution is 6.31. The Morgan fingerprint density at radius 1 is 1.41 bits per heavy atom. The lowest BCUT2D eigenvalue weighted by atomic mass is 10.1. The Labute approximate surface area is 135 Å². The average molecular weight is 318 g/mol. The van der Waals surface area contributed by atoms with Crippen LogP contribution in [0.2, 0.25) is 5.02 Å². The van der Waals surface area contributed by atoms with Gasteiger partial charge < -0.3 is 5.32 Å². The summed E-state index contributed by atoms with van der Waals surface area (Å²) in [5.74, 6) is 1.46. The number of nitrogens with zero attached hydrogens (tertiary/aromatic N) is 2. The number of halogens is 1. The largest absolute Gasteiger partial charge is 0.311 e. The summed E-state index contributed by atoms with van der Waals surface area (Å²) in [6.45, 7) is 2.16. The molecule has 0 saturated heterocycles. The van der Waals surface area contributed by atoms with Crippen molar-refractivity contribution in [3.63, 3.8) is 0 Å². The first-order chi connectivity index (χ1) is 10.6. The molecule has 1 aromatic carbocycles. The number of aryl methyl sites for hydroxylation is 1. The van der Waals surface area contributed by atoms with E-state index in [9.17, 15) is 4.79 Å². The van der Waals surface area contributed by atoms with Crippen LogP contribution in [-0.2, 0) is 11.2 Å². The minimum Gasteiger partial charge on any atom is -0.311 e. The molecular weight excluding hydrogens is 298 g/mol. The summed E-state index contributed by atoms with van der Waals surface area (Å²) in [6.07, 6.45) is 5.29. The molecule has 5 heteroatoms. The molecule has 4 nitrogen and oxygen atoms in total. The van der Waals surface area contributed by atoms with Gasteiger partial charge in [0.25, 0.3) is 0 Å². The van der Waals surface area contributed by atoms with Crippen molar-refractivity contribution in [2.45, 2.75) is 38.6 Å². The highest BCUT2D eigenvalue weighted by Crippen LogP contribution is 2.40. The molecule has 1 aliphatic carbocycles. The third-order valence-corrected chi connectivity index (χ3v) is 4.58. The molecule has 22 heavy (non-hydrogen) atoms. The minimum absolute atomic E-state index is 0.00957. The van der Waals surface area contributed by atoms with Gasteiger partial charge in [-0.3, -0.25) is 4.79 Å². The first-order valence-electron chi connectivity index (χ1n) is 7.72. The Bertz CT molecular complexity index is 663. The molecule has 1 fully saturated rings. The predicted molar refractivity (Wildman–Crippen MR) is 88.1 cm³/mol. The fourth-order valence-electron chi connectivity index (χ4n) is 2.67. The summed E-state index contributed by atoms with van der Waals surface area (Å²) < 4.78 is 1.92. The number of nitrogens with one attached hydrogen (secondary N) is 1. The van der Waals surface area contributed by atoms with Crippen LogP contribution in [0.25, 0.3) is 0 Å². The van der Waals surface area contributed by atoms with Gasteiger partial charge in [-0.15, -0.1) is 0 Å². The van der Waals surface area contributed by atoms with Crippen LogP contribution in [0.15, 0.2) is 36.5 Å². The predicted octanol–water partition coefficient (Wildman–Crippen LogP) is 4.08. The van der Waals surface area contributed by atoms with Crippen molar-refractivity contribution in [2.75, 3.05) is 5.32 Å². The van der Waals surface area contributed by atoms with Crippen LogP contribution in [0.4, 0.5) is 5.82 Å². The molecule has 116 valence electrons. The van der Waals surface area contributed by atoms with Crippen LogP contribution >= 0.6 is 11.6 Å². The Hall–Kier alpha value is -1.81. The van der Waals surface area contributed by atoms with Crippen LogP contribution in [0.1, 0.15) is 37.8 Å². The normalized spacial score (nSPS) is 15.5. The van der Waals surface area contributed by atoms with Gasteiger partial charge in [0.15, 0.2) is 0 Å². The number of carbonyl (C=O) groups is 1. The van der Waals surface area contributed by atoms with Crippen LogP contribution in [0.3, 0.4) is 0 Å². The maximum absolute atomic E-state index is 12.2. The van der Waals surface area contributed by atoms with E-state index in [0.29, 0.717) is 29.8 Å². The second-order valence-corrected chi connectivity index (χ2v) is 6.29. The Kier molecular flexibility index (Phi) is 4.48. The Morgan fingerprint density at radius 3 is 2.91 bits per heavy atom. The van der Waals surface area contributed by atoms with E-state index in [2.05, 4.69) is 17.3 Å². The van der Waals surface area contributed by atoms with E-state index in [-0.39, 0.29) is 5.91 Å². The number of rotatable bonds is 6. The number of aromatic nitrogens is 2. The van der Waals surface area contributed by atoms with E-state index in [1.165, 1.54) is 12.8 Å². The summed E-state index contributed by atoms with van der Waals surface area (Å²) in [6, 6.07) is 9.83. The van der Waals surface area contributed by atoms with Gasteiger partial charge in [0.2, 0.25) is 5.91 Å². The highest BCUT2D eigenvalue weighted by atomic mass is 35.5. The van der Waals surface area contributed by atoms with Crippen molar-refractivity contribution in [3.8, 4) is 0 Å². The van der Waals surface area contributed by atoms with E-state index >= 15 is 0 Å². The molecule has 1 atom stereocenters. The highest BCUT2D eigenvalue weighted by Gasteiger charge is 2.30. The Morgan fingerprint density at radius 2 is 2.18 bits per heavy atom. The van der Waals surface area contributed by atoms with Crippen LogP contribution in [0, 0.1) is 5.92 Å². The van der Waals surface area contributed by atoms with Crippen LogP contribution in [-0.4, -0.2) is 15.7 Å².